The predicted molar refractivity (Wildman–Crippen MR) is 76.3 cm³/mol. The molecule has 6 heteroatoms. The fourth-order valence-electron chi connectivity index (χ4n) is 2.11. The molecule has 1 saturated heterocycles. The van der Waals surface area contributed by atoms with E-state index in [-0.39, 0.29) is 11.6 Å². The van der Waals surface area contributed by atoms with E-state index in [0.717, 1.165) is 13.1 Å². The van der Waals surface area contributed by atoms with Gasteiger partial charge in [-0.05, 0) is 34.6 Å². The van der Waals surface area contributed by atoms with E-state index in [1.165, 1.54) is 0 Å². The summed E-state index contributed by atoms with van der Waals surface area (Å²) in [7, 11) is 0. The lowest BCUT2D eigenvalue weighted by molar-refractivity contribution is -0.0450. The standard InChI is InChI=1S/C14H26N4O2/c1-10(2)18-6-7-19-11(9-18)13-16-12(20-17-13)8-15-14(3,4)5/h10-11,15H,6-9H2,1-5H3. The number of ether oxygens (including phenoxy) is 1. The van der Waals surface area contributed by atoms with Gasteiger partial charge in [-0.25, -0.2) is 0 Å². The number of nitrogens with one attached hydrogen (secondary N) is 1. The first-order chi connectivity index (χ1) is 9.35. The number of hydrogen-bond acceptors (Lipinski definition) is 6. The minimum absolute atomic E-state index is 0.0322. The SMILES string of the molecule is CC(C)N1CCOC(c2noc(CNC(C)(C)C)n2)C1. The summed E-state index contributed by atoms with van der Waals surface area (Å²) < 4.78 is 11.0. The van der Waals surface area contributed by atoms with Crippen molar-refractivity contribution in [2.45, 2.75) is 58.8 Å². The van der Waals surface area contributed by atoms with Gasteiger partial charge in [-0.15, -0.1) is 0 Å². The quantitative estimate of drug-likeness (QED) is 0.907. The van der Waals surface area contributed by atoms with Crippen LogP contribution in [0.15, 0.2) is 4.52 Å². The van der Waals surface area contributed by atoms with Crippen LogP contribution in [0, 0.1) is 0 Å². The summed E-state index contributed by atoms with van der Waals surface area (Å²) in [4.78, 5) is 6.81. The van der Waals surface area contributed by atoms with E-state index in [9.17, 15) is 0 Å². The number of morpholine rings is 1. The molecular formula is C14H26N4O2. The molecule has 0 bridgehead atoms. The van der Waals surface area contributed by atoms with Gasteiger partial charge in [-0.1, -0.05) is 5.16 Å². The van der Waals surface area contributed by atoms with Gasteiger partial charge >= 0.3 is 0 Å². The molecule has 1 fully saturated rings. The topological polar surface area (TPSA) is 63.4 Å². The van der Waals surface area contributed by atoms with Crippen LogP contribution in [0.3, 0.4) is 0 Å². The van der Waals surface area contributed by atoms with Gasteiger partial charge in [0.25, 0.3) is 0 Å². The minimum Gasteiger partial charge on any atom is -0.367 e. The van der Waals surface area contributed by atoms with E-state index in [1.807, 2.05) is 0 Å². The van der Waals surface area contributed by atoms with Crippen LogP contribution in [-0.4, -0.2) is 46.3 Å². The van der Waals surface area contributed by atoms with Crippen LogP contribution in [0.25, 0.3) is 0 Å². The summed E-state index contributed by atoms with van der Waals surface area (Å²) in [6, 6.07) is 0.510. The summed E-state index contributed by atoms with van der Waals surface area (Å²) in [5.74, 6) is 1.27. The molecule has 2 rings (SSSR count). The third kappa shape index (κ3) is 4.26. The van der Waals surface area contributed by atoms with Crippen molar-refractivity contribution in [3.63, 3.8) is 0 Å². The molecule has 1 aliphatic rings. The fraction of sp³-hybridized carbons (Fsp3) is 0.857. The Morgan fingerprint density at radius 2 is 2.15 bits per heavy atom. The van der Waals surface area contributed by atoms with Crippen molar-refractivity contribution in [2.75, 3.05) is 19.7 Å². The van der Waals surface area contributed by atoms with Crippen molar-refractivity contribution in [2.24, 2.45) is 0 Å². The van der Waals surface area contributed by atoms with Gasteiger partial charge in [0.05, 0.1) is 13.2 Å². The zero-order valence-corrected chi connectivity index (χ0v) is 13.1. The molecule has 0 aliphatic carbocycles. The smallest absolute Gasteiger partial charge is 0.240 e. The van der Waals surface area contributed by atoms with E-state index >= 15 is 0 Å². The Kier molecular flexibility index (Phi) is 4.78. The number of rotatable bonds is 4. The van der Waals surface area contributed by atoms with E-state index in [0.29, 0.717) is 30.9 Å². The Bertz CT molecular complexity index is 425. The van der Waals surface area contributed by atoms with Crippen molar-refractivity contribution in [1.29, 1.82) is 0 Å². The summed E-state index contributed by atoms with van der Waals surface area (Å²) in [6.07, 6.45) is -0.0849. The highest BCUT2D eigenvalue weighted by Gasteiger charge is 2.27. The molecule has 1 aromatic heterocycles. The largest absolute Gasteiger partial charge is 0.367 e. The highest BCUT2D eigenvalue weighted by atomic mass is 16.5. The first kappa shape index (κ1) is 15.4. The molecule has 0 radical (unpaired) electrons. The summed E-state index contributed by atoms with van der Waals surface area (Å²) in [5, 5.41) is 7.39. The molecule has 20 heavy (non-hydrogen) atoms. The van der Waals surface area contributed by atoms with Gasteiger partial charge in [0.2, 0.25) is 11.7 Å². The van der Waals surface area contributed by atoms with Crippen molar-refractivity contribution < 1.29 is 9.26 Å². The summed E-state index contributed by atoms with van der Waals surface area (Å²) >= 11 is 0. The second-order valence-electron chi connectivity index (χ2n) is 6.60. The van der Waals surface area contributed by atoms with Crippen molar-refractivity contribution >= 4 is 0 Å². The number of aromatic nitrogens is 2. The molecule has 2 heterocycles. The van der Waals surface area contributed by atoms with Crippen LogP contribution in [0.5, 0.6) is 0 Å². The average molecular weight is 282 g/mol. The molecule has 0 aromatic carbocycles. The minimum atomic E-state index is -0.0849. The number of nitrogens with zero attached hydrogens (tertiary/aromatic N) is 3. The Hall–Kier alpha value is -0.980. The van der Waals surface area contributed by atoms with Gasteiger partial charge in [-0.3, -0.25) is 4.90 Å². The summed E-state index contributed by atoms with van der Waals surface area (Å²) in [6.45, 7) is 13.8. The van der Waals surface area contributed by atoms with Gasteiger partial charge < -0.3 is 14.6 Å². The molecule has 1 unspecified atom stereocenters. The van der Waals surface area contributed by atoms with Crippen molar-refractivity contribution in [3.05, 3.63) is 11.7 Å². The summed E-state index contributed by atoms with van der Waals surface area (Å²) in [5.41, 5.74) is 0.0322. The predicted octanol–water partition coefficient (Wildman–Crippen LogP) is 1.74. The van der Waals surface area contributed by atoms with Gasteiger partial charge in [0.1, 0.15) is 6.10 Å². The van der Waals surface area contributed by atoms with Crippen LogP contribution in [0.1, 0.15) is 52.4 Å². The highest BCUT2D eigenvalue weighted by molar-refractivity contribution is 4.95. The van der Waals surface area contributed by atoms with E-state index in [1.54, 1.807) is 0 Å². The molecule has 0 amide bonds. The third-order valence-corrected chi connectivity index (χ3v) is 3.37. The van der Waals surface area contributed by atoms with Crippen LogP contribution in [-0.2, 0) is 11.3 Å². The lowest BCUT2D eigenvalue weighted by Crippen LogP contribution is -2.42. The maximum absolute atomic E-state index is 5.76. The molecule has 114 valence electrons. The molecule has 1 aliphatic heterocycles. The van der Waals surface area contributed by atoms with Gasteiger partial charge in [0, 0.05) is 24.7 Å². The monoisotopic (exact) mass is 282 g/mol. The first-order valence-corrected chi connectivity index (χ1v) is 7.28. The Labute approximate surface area is 120 Å². The van der Waals surface area contributed by atoms with Crippen molar-refractivity contribution in [3.8, 4) is 0 Å². The van der Waals surface area contributed by atoms with Crippen LogP contribution in [0.4, 0.5) is 0 Å². The molecule has 0 saturated carbocycles. The molecule has 1 N–H and O–H groups in total. The zero-order valence-electron chi connectivity index (χ0n) is 13.1. The van der Waals surface area contributed by atoms with E-state index in [4.69, 9.17) is 9.26 Å². The lowest BCUT2D eigenvalue weighted by atomic mass is 10.1. The van der Waals surface area contributed by atoms with Crippen molar-refractivity contribution in [1.82, 2.24) is 20.4 Å². The second-order valence-corrected chi connectivity index (χ2v) is 6.60. The molecular weight excluding hydrogens is 256 g/mol. The Balaban J connectivity index is 1.94. The Morgan fingerprint density at radius 1 is 1.40 bits per heavy atom. The number of hydrogen-bond donors (Lipinski definition) is 1. The maximum atomic E-state index is 5.76. The van der Waals surface area contributed by atoms with E-state index < -0.39 is 0 Å². The third-order valence-electron chi connectivity index (χ3n) is 3.37. The molecule has 1 atom stereocenters. The maximum Gasteiger partial charge on any atom is 0.240 e. The van der Waals surface area contributed by atoms with E-state index in [2.05, 4.69) is 55.0 Å². The van der Waals surface area contributed by atoms with Crippen LogP contribution < -0.4 is 5.32 Å². The average Bonchev–Trinajstić information content (AvgIpc) is 2.84. The first-order valence-electron chi connectivity index (χ1n) is 7.28. The zero-order chi connectivity index (χ0) is 14.8. The molecule has 0 spiro atoms. The van der Waals surface area contributed by atoms with Crippen LogP contribution in [0.2, 0.25) is 0 Å². The molecule has 6 nitrogen and oxygen atoms in total. The van der Waals surface area contributed by atoms with Crippen LogP contribution >= 0.6 is 0 Å². The second kappa shape index (κ2) is 6.20. The fourth-order valence-corrected chi connectivity index (χ4v) is 2.11. The lowest BCUT2D eigenvalue weighted by Gasteiger charge is -2.34. The highest BCUT2D eigenvalue weighted by Crippen LogP contribution is 2.21. The van der Waals surface area contributed by atoms with Gasteiger partial charge in [0.15, 0.2) is 0 Å². The normalized spacial score (nSPS) is 21.6. The van der Waals surface area contributed by atoms with Gasteiger partial charge in [-0.2, -0.15) is 4.98 Å². The Morgan fingerprint density at radius 3 is 2.80 bits per heavy atom. The molecule has 1 aromatic rings.